The molecule has 0 fully saturated rings. The van der Waals surface area contributed by atoms with Crippen LogP contribution in [0.15, 0.2) is 34.9 Å². The van der Waals surface area contributed by atoms with Crippen molar-refractivity contribution < 1.29 is 9.32 Å². The quantitative estimate of drug-likeness (QED) is 0.841. The van der Waals surface area contributed by atoms with Gasteiger partial charge in [-0.05, 0) is 19.4 Å². The first-order valence-corrected chi connectivity index (χ1v) is 6.96. The maximum atomic E-state index is 11.7. The van der Waals surface area contributed by atoms with Crippen LogP contribution < -0.4 is 11.1 Å². The van der Waals surface area contributed by atoms with Gasteiger partial charge in [-0.3, -0.25) is 4.79 Å². The Morgan fingerprint density at radius 1 is 1.33 bits per heavy atom. The molecule has 0 aliphatic rings. The molecule has 0 aliphatic carbocycles. The van der Waals surface area contributed by atoms with Crippen LogP contribution in [0.1, 0.15) is 43.6 Å². The zero-order valence-corrected chi connectivity index (χ0v) is 12.2. The van der Waals surface area contributed by atoms with Crippen LogP contribution in [0.5, 0.6) is 0 Å². The van der Waals surface area contributed by atoms with E-state index in [0.29, 0.717) is 18.1 Å². The van der Waals surface area contributed by atoms with Crippen LogP contribution in [0.25, 0.3) is 0 Å². The van der Waals surface area contributed by atoms with Crippen molar-refractivity contribution in [1.82, 2.24) is 15.5 Å². The van der Waals surface area contributed by atoms with Crippen molar-refractivity contribution in [3.05, 3.63) is 47.6 Å². The third-order valence-corrected chi connectivity index (χ3v) is 2.94. The van der Waals surface area contributed by atoms with Crippen molar-refractivity contribution in [2.75, 3.05) is 0 Å². The Labute approximate surface area is 123 Å². The molecule has 6 heteroatoms. The van der Waals surface area contributed by atoms with Gasteiger partial charge in [0.05, 0.1) is 0 Å². The number of nitrogens with zero attached hydrogens (tertiary/aromatic N) is 2. The van der Waals surface area contributed by atoms with E-state index in [0.717, 1.165) is 5.56 Å². The highest BCUT2D eigenvalue weighted by Crippen LogP contribution is 2.12. The van der Waals surface area contributed by atoms with Gasteiger partial charge in [0.1, 0.15) is 6.04 Å². The maximum Gasteiger partial charge on any atom is 0.248 e. The number of benzene rings is 1. The first-order valence-electron chi connectivity index (χ1n) is 6.96. The number of hydrogen-bond donors (Lipinski definition) is 2. The number of carbonyl (C=O) groups is 1. The summed E-state index contributed by atoms with van der Waals surface area (Å²) >= 11 is 0. The van der Waals surface area contributed by atoms with Gasteiger partial charge < -0.3 is 15.6 Å². The van der Waals surface area contributed by atoms with Gasteiger partial charge in [-0.1, -0.05) is 35.5 Å². The predicted molar refractivity (Wildman–Crippen MR) is 78.4 cm³/mol. The molecule has 2 unspecified atom stereocenters. The highest BCUT2D eigenvalue weighted by Gasteiger charge is 2.17. The molecule has 0 aliphatic heterocycles. The minimum atomic E-state index is -0.326. The zero-order chi connectivity index (χ0) is 15.2. The summed E-state index contributed by atoms with van der Waals surface area (Å²) in [7, 11) is 0. The summed E-state index contributed by atoms with van der Waals surface area (Å²) in [6.07, 6.45) is 0.875. The molecule has 6 nitrogen and oxygen atoms in total. The molecule has 0 radical (unpaired) electrons. The molecule has 3 N–H and O–H groups in total. The Hall–Kier alpha value is -2.21. The summed E-state index contributed by atoms with van der Waals surface area (Å²) in [5.74, 6) is 0.878. The highest BCUT2D eigenvalue weighted by molar-refractivity contribution is 5.76. The molecule has 0 saturated heterocycles. The molecule has 2 aromatic rings. The Balaban J connectivity index is 1.94. The monoisotopic (exact) mass is 288 g/mol. The SMILES string of the molecule is CC(N)CC(=O)NC(C)c1nc(Cc2ccccc2)no1. The lowest BCUT2D eigenvalue weighted by molar-refractivity contribution is -0.122. The van der Waals surface area contributed by atoms with Crippen LogP contribution in [0.3, 0.4) is 0 Å². The van der Waals surface area contributed by atoms with Gasteiger partial charge in [-0.2, -0.15) is 4.98 Å². The lowest BCUT2D eigenvalue weighted by Gasteiger charge is -2.10. The Kier molecular flexibility index (Phi) is 5.05. The van der Waals surface area contributed by atoms with Crippen LogP contribution in [0.2, 0.25) is 0 Å². The van der Waals surface area contributed by atoms with Gasteiger partial charge in [-0.25, -0.2) is 0 Å². The van der Waals surface area contributed by atoms with E-state index in [1.165, 1.54) is 0 Å². The third kappa shape index (κ3) is 4.68. The van der Waals surface area contributed by atoms with Crippen LogP contribution in [-0.2, 0) is 11.2 Å². The van der Waals surface area contributed by atoms with Gasteiger partial charge in [0.15, 0.2) is 5.82 Å². The topological polar surface area (TPSA) is 94.0 Å². The second-order valence-electron chi connectivity index (χ2n) is 5.18. The minimum absolute atomic E-state index is 0.125. The van der Waals surface area contributed by atoms with E-state index in [9.17, 15) is 4.79 Å². The molecule has 1 amide bonds. The van der Waals surface area contributed by atoms with Crippen molar-refractivity contribution in [3.8, 4) is 0 Å². The van der Waals surface area contributed by atoms with Crippen molar-refractivity contribution in [2.24, 2.45) is 5.73 Å². The van der Waals surface area contributed by atoms with Crippen LogP contribution >= 0.6 is 0 Å². The molecule has 1 aromatic heterocycles. The van der Waals surface area contributed by atoms with Crippen LogP contribution in [0, 0.1) is 0 Å². The van der Waals surface area contributed by atoms with E-state index in [2.05, 4.69) is 15.5 Å². The van der Waals surface area contributed by atoms with Crippen molar-refractivity contribution in [2.45, 2.75) is 38.8 Å². The first kappa shape index (κ1) is 15.2. The van der Waals surface area contributed by atoms with Crippen LogP contribution in [-0.4, -0.2) is 22.1 Å². The molecule has 1 aromatic carbocycles. The van der Waals surface area contributed by atoms with Crippen molar-refractivity contribution >= 4 is 5.91 Å². The molecule has 2 rings (SSSR count). The molecule has 21 heavy (non-hydrogen) atoms. The lowest BCUT2D eigenvalue weighted by atomic mass is 10.1. The fourth-order valence-electron chi connectivity index (χ4n) is 1.95. The van der Waals surface area contributed by atoms with E-state index in [4.69, 9.17) is 10.3 Å². The smallest absolute Gasteiger partial charge is 0.248 e. The average Bonchev–Trinajstić information content (AvgIpc) is 2.87. The molecule has 112 valence electrons. The van der Waals surface area contributed by atoms with Gasteiger partial charge in [0, 0.05) is 18.9 Å². The largest absolute Gasteiger partial charge is 0.345 e. The Morgan fingerprint density at radius 2 is 2.05 bits per heavy atom. The van der Waals surface area contributed by atoms with E-state index in [1.54, 1.807) is 13.8 Å². The van der Waals surface area contributed by atoms with Gasteiger partial charge in [0.2, 0.25) is 11.8 Å². The first-order chi connectivity index (χ1) is 10.0. The highest BCUT2D eigenvalue weighted by atomic mass is 16.5. The Morgan fingerprint density at radius 3 is 2.71 bits per heavy atom. The summed E-state index contributed by atoms with van der Waals surface area (Å²) in [5.41, 5.74) is 6.70. The average molecular weight is 288 g/mol. The fraction of sp³-hybridized carbons (Fsp3) is 0.400. The predicted octanol–water partition coefficient (Wildman–Crippen LogP) is 1.57. The zero-order valence-electron chi connectivity index (χ0n) is 12.2. The summed E-state index contributed by atoms with van der Waals surface area (Å²) in [5, 5.41) is 6.73. The number of rotatable bonds is 6. The lowest BCUT2D eigenvalue weighted by Crippen LogP contribution is -2.31. The number of aromatic nitrogens is 2. The van der Waals surface area contributed by atoms with E-state index < -0.39 is 0 Å². The summed E-state index contributed by atoms with van der Waals surface area (Å²) in [4.78, 5) is 16.0. The summed E-state index contributed by atoms with van der Waals surface area (Å²) < 4.78 is 5.20. The summed E-state index contributed by atoms with van der Waals surface area (Å²) in [6.45, 7) is 3.59. The fourth-order valence-corrected chi connectivity index (χ4v) is 1.95. The molecule has 1 heterocycles. The normalized spacial score (nSPS) is 13.7. The second kappa shape index (κ2) is 6.99. The molecule has 0 saturated carbocycles. The van der Waals surface area contributed by atoms with E-state index in [-0.39, 0.29) is 24.4 Å². The van der Waals surface area contributed by atoms with Crippen LogP contribution in [0.4, 0.5) is 0 Å². The number of carbonyl (C=O) groups excluding carboxylic acids is 1. The van der Waals surface area contributed by atoms with Crippen molar-refractivity contribution in [3.63, 3.8) is 0 Å². The number of hydrogen-bond acceptors (Lipinski definition) is 5. The van der Waals surface area contributed by atoms with E-state index >= 15 is 0 Å². The Bertz CT molecular complexity index is 580. The molecule has 2 atom stereocenters. The second-order valence-corrected chi connectivity index (χ2v) is 5.18. The maximum absolute atomic E-state index is 11.7. The molecule has 0 bridgehead atoms. The summed E-state index contributed by atoms with van der Waals surface area (Å²) in [6, 6.07) is 9.40. The minimum Gasteiger partial charge on any atom is -0.345 e. The number of amides is 1. The number of nitrogens with two attached hydrogens (primary N) is 1. The molecule has 0 spiro atoms. The van der Waals surface area contributed by atoms with Gasteiger partial charge in [0.25, 0.3) is 0 Å². The molecular formula is C15H20N4O2. The van der Waals surface area contributed by atoms with Gasteiger partial charge in [-0.15, -0.1) is 0 Å². The van der Waals surface area contributed by atoms with Crippen molar-refractivity contribution in [1.29, 1.82) is 0 Å². The standard InChI is InChI=1S/C15H20N4O2/c1-10(16)8-14(20)17-11(2)15-18-13(19-21-15)9-12-6-4-3-5-7-12/h3-7,10-11H,8-9,16H2,1-2H3,(H,17,20). The van der Waals surface area contributed by atoms with E-state index in [1.807, 2.05) is 30.3 Å². The molecular weight excluding hydrogens is 268 g/mol. The third-order valence-electron chi connectivity index (χ3n) is 2.94. The number of nitrogens with one attached hydrogen (secondary N) is 1. The van der Waals surface area contributed by atoms with Gasteiger partial charge >= 0.3 is 0 Å².